The van der Waals surface area contributed by atoms with Crippen LogP contribution in [-0.2, 0) is 24.0 Å². The number of hydrogen-bond acceptors (Lipinski definition) is 9. The maximum atomic E-state index is 13.1. The van der Waals surface area contributed by atoms with Crippen LogP contribution in [0.25, 0.3) is 0 Å². The molecule has 0 fully saturated rings. The number of aliphatic hydroxyl groups is 1. The van der Waals surface area contributed by atoms with E-state index in [0.717, 1.165) is 0 Å². The second kappa shape index (κ2) is 16.8. The Morgan fingerprint density at radius 2 is 1.19 bits per heavy atom. The van der Waals surface area contributed by atoms with Gasteiger partial charge in [-0.1, -0.05) is 27.7 Å². The number of aliphatic hydroxyl groups excluding tert-OH is 1. The van der Waals surface area contributed by atoms with Crippen LogP contribution in [0.15, 0.2) is 0 Å². The molecule has 0 aliphatic rings. The van der Waals surface area contributed by atoms with Crippen LogP contribution < -0.4 is 38.5 Å². The molecule has 0 heterocycles. The largest absolute Gasteiger partial charge is 0.480 e. The van der Waals surface area contributed by atoms with E-state index in [1.807, 2.05) is 13.8 Å². The summed E-state index contributed by atoms with van der Waals surface area (Å²) in [4.78, 5) is 62.5. The van der Waals surface area contributed by atoms with E-state index in [1.54, 1.807) is 13.8 Å². The van der Waals surface area contributed by atoms with Crippen molar-refractivity contribution in [3.05, 3.63) is 0 Å². The minimum atomic E-state index is -1.59. The zero-order valence-electron chi connectivity index (χ0n) is 22.3. The average molecular weight is 532 g/mol. The van der Waals surface area contributed by atoms with Crippen molar-refractivity contribution in [2.45, 2.75) is 90.2 Å². The lowest BCUT2D eigenvalue weighted by atomic mass is 9.99. The summed E-state index contributed by atoms with van der Waals surface area (Å²) in [6, 6.07) is -5.73. The van der Waals surface area contributed by atoms with Crippen molar-refractivity contribution in [2.24, 2.45) is 29.0 Å². The van der Waals surface area contributed by atoms with Crippen LogP contribution in [0.2, 0.25) is 0 Å². The Morgan fingerprint density at radius 1 is 0.703 bits per heavy atom. The highest BCUT2D eigenvalue weighted by atomic mass is 16.4. The highest BCUT2D eigenvalue weighted by Gasteiger charge is 2.33. The molecule has 0 aromatic heterocycles. The molecule has 0 aliphatic heterocycles. The maximum absolute atomic E-state index is 13.1. The Bertz CT molecular complexity index is 777. The lowest BCUT2D eigenvalue weighted by Gasteiger charge is -2.28. The lowest BCUT2D eigenvalue weighted by molar-refractivity contribution is -0.145. The second-order valence-corrected chi connectivity index (χ2v) is 9.81. The van der Waals surface area contributed by atoms with E-state index in [2.05, 4.69) is 21.3 Å². The summed E-state index contributed by atoms with van der Waals surface area (Å²) in [5.41, 5.74) is 16.8. The third-order valence-electron chi connectivity index (χ3n) is 5.54. The minimum Gasteiger partial charge on any atom is -0.480 e. The fourth-order valence-electron chi connectivity index (χ4n) is 3.42. The molecule has 0 saturated carbocycles. The number of rotatable bonds is 17. The van der Waals surface area contributed by atoms with Gasteiger partial charge in [0, 0.05) is 0 Å². The summed E-state index contributed by atoms with van der Waals surface area (Å²) in [6.07, 6.45) is -0.882. The molecule has 0 rings (SSSR count). The Morgan fingerprint density at radius 3 is 1.62 bits per heavy atom. The molecule has 0 radical (unpaired) electrons. The fraction of sp³-hybridized carbons (Fsp3) is 0.783. The highest BCUT2D eigenvalue weighted by Crippen LogP contribution is 2.09. The van der Waals surface area contributed by atoms with Gasteiger partial charge in [-0.15, -0.1) is 0 Å². The van der Waals surface area contributed by atoms with Crippen LogP contribution in [-0.4, -0.2) is 89.2 Å². The van der Waals surface area contributed by atoms with Gasteiger partial charge in [-0.3, -0.25) is 19.2 Å². The summed E-state index contributed by atoms with van der Waals surface area (Å²) in [5.74, 6) is -4.52. The van der Waals surface area contributed by atoms with E-state index in [0.29, 0.717) is 0 Å². The summed E-state index contributed by atoms with van der Waals surface area (Å²) >= 11 is 0. The normalized spacial score (nSPS) is 16.2. The second-order valence-electron chi connectivity index (χ2n) is 9.81. The molecule has 0 spiro atoms. The molecule has 0 aromatic rings. The molecule has 0 aliphatic carbocycles. The van der Waals surface area contributed by atoms with E-state index in [1.165, 1.54) is 6.92 Å². The molecule has 37 heavy (non-hydrogen) atoms. The quantitative estimate of drug-likeness (QED) is 0.0926. The molecule has 14 nitrogen and oxygen atoms in total. The van der Waals surface area contributed by atoms with E-state index in [4.69, 9.17) is 17.2 Å². The standard InChI is InChI=1S/C23H45N7O7/c1-11(2)10-16(28-19(32)14(26)6-8-24)21(34)29-17(12(3)4)22(35)27-15(7-9-25)20(33)30-18(13(5)31)23(36)37/h11-18,31H,6-10,24-26H2,1-5H3,(H,27,35)(H,28,32)(H,29,34)(H,30,33)(H,36,37)/t13-,14+,15+,16-,17+,18+/m1/s1. The van der Waals surface area contributed by atoms with Crippen LogP contribution in [0.4, 0.5) is 0 Å². The van der Waals surface area contributed by atoms with Gasteiger partial charge >= 0.3 is 5.97 Å². The molecule has 4 amide bonds. The molecule has 6 atom stereocenters. The highest BCUT2D eigenvalue weighted by molar-refractivity contribution is 5.95. The number of hydrogen-bond donors (Lipinski definition) is 9. The summed E-state index contributed by atoms with van der Waals surface area (Å²) in [7, 11) is 0. The molecule has 12 N–H and O–H groups in total. The zero-order chi connectivity index (χ0) is 28.9. The van der Waals surface area contributed by atoms with Crippen LogP contribution in [0.1, 0.15) is 53.9 Å². The van der Waals surface area contributed by atoms with Crippen molar-refractivity contribution in [1.29, 1.82) is 0 Å². The van der Waals surface area contributed by atoms with Crippen molar-refractivity contribution in [3.8, 4) is 0 Å². The van der Waals surface area contributed by atoms with E-state index >= 15 is 0 Å². The van der Waals surface area contributed by atoms with Gasteiger partial charge in [0.05, 0.1) is 12.1 Å². The van der Waals surface area contributed by atoms with E-state index in [-0.39, 0.29) is 38.3 Å². The molecular weight excluding hydrogens is 486 g/mol. The fourth-order valence-corrected chi connectivity index (χ4v) is 3.42. The molecule has 0 aromatic carbocycles. The maximum Gasteiger partial charge on any atom is 0.328 e. The van der Waals surface area contributed by atoms with Gasteiger partial charge in [0.2, 0.25) is 23.6 Å². The average Bonchev–Trinajstić information content (AvgIpc) is 2.78. The molecule has 0 unspecified atom stereocenters. The molecule has 0 saturated heterocycles. The summed E-state index contributed by atoms with van der Waals surface area (Å²) < 4.78 is 0. The number of carbonyl (C=O) groups excluding carboxylic acids is 4. The monoisotopic (exact) mass is 531 g/mol. The molecule has 14 heteroatoms. The van der Waals surface area contributed by atoms with Crippen LogP contribution >= 0.6 is 0 Å². The third-order valence-corrected chi connectivity index (χ3v) is 5.54. The summed E-state index contributed by atoms with van der Waals surface area (Å²) in [5, 5.41) is 28.8. The van der Waals surface area contributed by atoms with Gasteiger partial charge in [0.1, 0.15) is 18.1 Å². The van der Waals surface area contributed by atoms with Crippen molar-refractivity contribution in [1.82, 2.24) is 21.3 Å². The molecule has 0 bridgehead atoms. The van der Waals surface area contributed by atoms with E-state index in [9.17, 15) is 34.2 Å². The third kappa shape index (κ3) is 12.3. The van der Waals surface area contributed by atoms with Gasteiger partial charge < -0.3 is 48.7 Å². The molecular formula is C23H45N7O7. The predicted octanol–water partition coefficient (Wildman–Crippen LogP) is -2.88. The minimum absolute atomic E-state index is 0.00492. The van der Waals surface area contributed by atoms with Gasteiger partial charge in [0.15, 0.2) is 6.04 Å². The van der Waals surface area contributed by atoms with Gasteiger partial charge in [0.25, 0.3) is 0 Å². The van der Waals surface area contributed by atoms with Gasteiger partial charge in [-0.2, -0.15) is 0 Å². The Hall–Kier alpha value is -2.81. The SMILES string of the molecule is CC(C)C[C@@H](NC(=O)[C@@H](N)CCN)C(=O)N[C@H](C(=O)N[C@@H](CCN)C(=O)N[C@H](C(=O)O)[C@@H](C)O)C(C)C. The van der Waals surface area contributed by atoms with Crippen molar-refractivity contribution >= 4 is 29.6 Å². The molecule has 214 valence electrons. The number of carboxylic acid groups (broad SMARTS) is 1. The number of nitrogens with one attached hydrogen (secondary N) is 4. The van der Waals surface area contributed by atoms with Gasteiger partial charge in [-0.25, -0.2) is 4.79 Å². The van der Waals surface area contributed by atoms with Crippen molar-refractivity contribution < 1.29 is 34.2 Å². The Kier molecular flexibility index (Phi) is 15.6. The predicted molar refractivity (Wildman–Crippen MR) is 137 cm³/mol. The number of amides is 4. The smallest absolute Gasteiger partial charge is 0.328 e. The first kappa shape index (κ1) is 34.2. The number of carboxylic acids is 1. The number of aliphatic carboxylic acids is 1. The van der Waals surface area contributed by atoms with Crippen molar-refractivity contribution in [2.75, 3.05) is 13.1 Å². The van der Waals surface area contributed by atoms with Gasteiger partial charge in [-0.05, 0) is 51.1 Å². The van der Waals surface area contributed by atoms with Crippen molar-refractivity contribution in [3.63, 3.8) is 0 Å². The number of nitrogens with two attached hydrogens (primary N) is 3. The van der Waals surface area contributed by atoms with Crippen LogP contribution in [0.5, 0.6) is 0 Å². The topological polar surface area (TPSA) is 252 Å². The first-order chi connectivity index (χ1) is 17.2. The van der Waals surface area contributed by atoms with Crippen LogP contribution in [0, 0.1) is 11.8 Å². The van der Waals surface area contributed by atoms with E-state index < -0.39 is 71.8 Å². The summed E-state index contributed by atoms with van der Waals surface area (Å²) in [6.45, 7) is 8.50. The Balaban J connectivity index is 5.62. The zero-order valence-corrected chi connectivity index (χ0v) is 22.3. The first-order valence-electron chi connectivity index (χ1n) is 12.4. The lowest BCUT2D eigenvalue weighted by Crippen LogP contribution is -2.60. The first-order valence-corrected chi connectivity index (χ1v) is 12.4. The Labute approximate surface area is 217 Å². The number of carbonyl (C=O) groups is 5. The van der Waals surface area contributed by atoms with Crippen LogP contribution in [0.3, 0.4) is 0 Å².